The number of halogens is 1. The van der Waals surface area contributed by atoms with Crippen molar-refractivity contribution < 1.29 is 5.11 Å². The molecule has 0 radical (unpaired) electrons. The second-order valence-electron chi connectivity index (χ2n) is 2.68. The highest BCUT2D eigenvalue weighted by Gasteiger charge is 2.11. The number of thiazole rings is 1. The number of aromatic nitrogens is 1. The van der Waals surface area contributed by atoms with Gasteiger partial charge in [-0.3, -0.25) is 0 Å². The van der Waals surface area contributed by atoms with E-state index in [0.29, 0.717) is 10.0 Å². The Balaban J connectivity index is 2.73. The molecular weight excluding hydrogens is 222 g/mol. The van der Waals surface area contributed by atoms with E-state index in [9.17, 15) is 0 Å². The summed E-state index contributed by atoms with van der Waals surface area (Å²) in [5, 5.41) is 21.4. The first-order valence-corrected chi connectivity index (χ1v) is 5.34. The van der Waals surface area contributed by atoms with Gasteiger partial charge in [0.05, 0.1) is 12.6 Å². The fourth-order valence-corrected chi connectivity index (χ4v) is 1.91. The van der Waals surface area contributed by atoms with E-state index in [1.807, 2.05) is 13.0 Å². The highest BCUT2D eigenvalue weighted by Crippen LogP contribution is 2.26. The number of anilines is 1. The molecule has 0 amide bonds. The Hall–Kier alpha value is -0.830. The molecule has 0 aliphatic carbocycles. The van der Waals surface area contributed by atoms with E-state index in [0.717, 1.165) is 6.42 Å². The van der Waals surface area contributed by atoms with Crippen LogP contribution in [0.15, 0.2) is 0 Å². The van der Waals surface area contributed by atoms with E-state index in [2.05, 4.69) is 10.3 Å². The Bertz CT molecular complexity index is 343. The fraction of sp³-hybridized carbons (Fsp3) is 0.500. The van der Waals surface area contributed by atoms with Crippen LogP contribution in [0.25, 0.3) is 0 Å². The van der Waals surface area contributed by atoms with Gasteiger partial charge in [-0.2, -0.15) is 5.26 Å². The summed E-state index contributed by atoms with van der Waals surface area (Å²) >= 11 is 6.88. The number of hydrogen-bond donors (Lipinski definition) is 2. The van der Waals surface area contributed by atoms with Crippen LogP contribution >= 0.6 is 22.9 Å². The highest BCUT2D eigenvalue weighted by molar-refractivity contribution is 7.16. The second-order valence-corrected chi connectivity index (χ2v) is 4.04. The van der Waals surface area contributed by atoms with E-state index in [4.69, 9.17) is 22.0 Å². The molecule has 6 heteroatoms. The molecule has 0 saturated heterocycles. The van der Waals surface area contributed by atoms with Gasteiger partial charge < -0.3 is 10.4 Å². The van der Waals surface area contributed by atoms with Crippen molar-refractivity contribution in [2.24, 2.45) is 0 Å². The van der Waals surface area contributed by atoms with Gasteiger partial charge in [0, 0.05) is 0 Å². The van der Waals surface area contributed by atoms with E-state index < -0.39 is 0 Å². The summed E-state index contributed by atoms with van der Waals surface area (Å²) in [5.41, 5.74) is 0. The van der Waals surface area contributed by atoms with Gasteiger partial charge in [0.1, 0.15) is 10.9 Å². The Morgan fingerprint density at radius 2 is 2.50 bits per heavy atom. The normalized spacial score (nSPS) is 12.1. The van der Waals surface area contributed by atoms with Crippen LogP contribution in [-0.2, 0) is 0 Å². The number of nitriles is 1. The molecule has 2 N–H and O–H groups in total. The average molecular weight is 232 g/mol. The molecule has 0 aliphatic heterocycles. The lowest BCUT2D eigenvalue weighted by Gasteiger charge is -2.11. The zero-order valence-corrected chi connectivity index (χ0v) is 9.19. The predicted molar refractivity (Wildman–Crippen MR) is 56.6 cm³/mol. The van der Waals surface area contributed by atoms with Crippen molar-refractivity contribution in [1.82, 2.24) is 4.98 Å². The monoisotopic (exact) mass is 231 g/mol. The number of nitrogens with one attached hydrogen (secondary N) is 1. The maximum Gasteiger partial charge on any atom is 0.185 e. The highest BCUT2D eigenvalue weighted by atomic mass is 35.5. The number of hydrogen-bond acceptors (Lipinski definition) is 5. The Kier molecular flexibility index (Phi) is 4.14. The fourth-order valence-electron chi connectivity index (χ4n) is 0.884. The first-order valence-electron chi connectivity index (χ1n) is 4.15. The lowest BCUT2D eigenvalue weighted by atomic mass is 10.2. The molecule has 1 aromatic heterocycles. The Labute approximate surface area is 91.2 Å². The zero-order chi connectivity index (χ0) is 10.6. The maximum absolute atomic E-state index is 8.94. The van der Waals surface area contributed by atoms with Gasteiger partial charge in [-0.25, -0.2) is 4.98 Å². The van der Waals surface area contributed by atoms with Crippen LogP contribution in [-0.4, -0.2) is 22.7 Å². The standard InChI is InChI=1S/C8H10ClN3OS/c1-2-5(4-13)11-8-12-7(9)6(3-10)14-8/h5,13H,2,4H2,1H3,(H,11,12). The minimum atomic E-state index is -0.0382. The van der Waals surface area contributed by atoms with Crippen molar-refractivity contribution in [3.05, 3.63) is 10.0 Å². The van der Waals surface area contributed by atoms with Crippen molar-refractivity contribution in [3.8, 4) is 6.07 Å². The van der Waals surface area contributed by atoms with Crippen LogP contribution in [0.1, 0.15) is 18.2 Å². The summed E-state index contributed by atoms with van der Waals surface area (Å²) < 4.78 is 0. The maximum atomic E-state index is 8.94. The summed E-state index contributed by atoms with van der Waals surface area (Å²) in [6.45, 7) is 1.99. The van der Waals surface area contributed by atoms with E-state index in [-0.39, 0.29) is 17.8 Å². The molecule has 1 aromatic rings. The van der Waals surface area contributed by atoms with Gasteiger partial charge in [0.25, 0.3) is 0 Å². The topological polar surface area (TPSA) is 68.9 Å². The van der Waals surface area contributed by atoms with Crippen molar-refractivity contribution >= 4 is 28.1 Å². The predicted octanol–water partition coefficient (Wildman–Crippen LogP) is 1.85. The summed E-state index contributed by atoms with van der Waals surface area (Å²) in [7, 11) is 0. The van der Waals surface area contributed by atoms with E-state index in [1.54, 1.807) is 0 Å². The minimum Gasteiger partial charge on any atom is -0.394 e. The number of nitrogens with zero attached hydrogens (tertiary/aromatic N) is 2. The van der Waals surface area contributed by atoms with Crippen LogP contribution in [0.3, 0.4) is 0 Å². The van der Waals surface area contributed by atoms with Crippen LogP contribution in [0.5, 0.6) is 0 Å². The Morgan fingerprint density at radius 1 is 1.79 bits per heavy atom. The molecule has 0 bridgehead atoms. The van der Waals surface area contributed by atoms with Crippen molar-refractivity contribution in [2.75, 3.05) is 11.9 Å². The molecule has 1 rings (SSSR count). The van der Waals surface area contributed by atoms with Crippen molar-refractivity contribution in [1.29, 1.82) is 5.26 Å². The molecule has 0 spiro atoms. The van der Waals surface area contributed by atoms with E-state index >= 15 is 0 Å². The third-order valence-corrected chi connectivity index (χ3v) is 3.00. The van der Waals surface area contributed by atoms with Gasteiger partial charge in [-0.15, -0.1) is 0 Å². The summed E-state index contributed by atoms with van der Waals surface area (Å²) in [6.07, 6.45) is 0.787. The first-order chi connectivity index (χ1) is 6.71. The average Bonchev–Trinajstić information content (AvgIpc) is 2.55. The molecule has 76 valence electrons. The van der Waals surface area contributed by atoms with Gasteiger partial charge in [-0.05, 0) is 6.42 Å². The van der Waals surface area contributed by atoms with Gasteiger partial charge >= 0.3 is 0 Å². The molecule has 1 heterocycles. The number of aliphatic hydroxyl groups is 1. The smallest absolute Gasteiger partial charge is 0.185 e. The minimum absolute atomic E-state index is 0.0373. The zero-order valence-electron chi connectivity index (χ0n) is 7.62. The van der Waals surface area contributed by atoms with Crippen molar-refractivity contribution in [2.45, 2.75) is 19.4 Å². The molecule has 0 aliphatic rings. The molecule has 1 unspecified atom stereocenters. The second kappa shape index (κ2) is 5.15. The van der Waals surface area contributed by atoms with E-state index in [1.165, 1.54) is 11.3 Å². The summed E-state index contributed by atoms with van der Waals surface area (Å²) in [5.74, 6) is 0. The van der Waals surface area contributed by atoms with Crippen molar-refractivity contribution in [3.63, 3.8) is 0 Å². The molecule has 14 heavy (non-hydrogen) atoms. The third kappa shape index (κ3) is 2.58. The molecule has 0 aromatic carbocycles. The molecule has 0 fully saturated rings. The van der Waals surface area contributed by atoms with Crippen LogP contribution in [0.4, 0.5) is 5.13 Å². The molecule has 0 saturated carbocycles. The quantitative estimate of drug-likeness (QED) is 0.830. The number of aliphatic hydroxyl groups excluding tert-OH is 1. The van der Waals surface area contributed by atoms with Gasteiger partial charge in [0.2, 0.25) is 0 Å². The molecule has 4 nitrogen and oxygen atoms in total. The number of rotatable bonds is 4. The van der Waals surface area contributed by atoms with Crippen LogP contribution in [0.2, 0.25) is 5.15 Å². The largest absolute Gasteiger partial charge is 0.394 e. The van der Waals surface area contributed by atoms with Crippen LogP contribution < -0.4 is 5.32 Å². The summed E-state index contributed by atoms with van der Waals surface area (Å²) in [6, 6.07) is 1.91. The van der Waals surface area contributed by atoms with Crippen LogP contribution in [0, 0.1) is 11.3 Å². The lowest BCUT2D eigenvalue weighted by molar-refractivity contribution is 0.272. The molecule has 1 atom stereocenters. The third-order valence-electron chi connectivity index (χ3n) is 1.73. The SMILES string of the molecule is CCC(CO)Nc1nc(Cl)c(C#N)s1. The lowest BCUT2D eigenvalue weighted by Crippen LogP contribution is -2.22. The van der Waals surface area contributed by atoms with Gasteiger partial charge in [-0.1, -0.05) is 29.9 Å². The first kappa shape index (κ1) is 11.2. The van der Waals surface area contributed by atoms with Gasteiger partial charge in [0.15, 0.2) is 10.3 Å². The summed E-state index contributed by atoms with van der Waals surface area (Å²) in [4.78, 5) is 4.35. The Morgan fingerprint density at radius 3 is 2.93 bits per heavy atom. The molecular formula is C8H10ClN3OS.